The minimum Gasteiger partial charge on any atom is -0.468 e. The predicted octanol–water partition coefficient (Wildman–Crippen LogP) is 1.50. The number of ether oxygens (including phenoxy) is 2. The largest absolute Gasteiger partial charge is 0.468 e. The molecule has 7 heteroatoms. The third-order valence-electron chi connectivity index (χ3n) is 3.41. The van der Waals surface area contributed by atoms with Gasteiger partial charge in [0.25, 0.3) is 0 Å². The van der Waals surface area contributed by atoms with Crippen molar-refractivity contribution in [3.63, 3.8) is 0 Å². The van der Waals surface area contributed by atoms with Gasteiger partial charge in [-0.2, -0.15) is 0 Å². The quantitative estimate of drug-likeness (QED) is 0.786. The number of carbonyl (C=O) groups is 3. The van der Waals surface area contributed by atoms with Crippen LogP contribution >= 0.6 is 0 Å². The van der Waals surface area contributed by atoms with E-state index in [9.17, 15) is 14.4 Å². The molecular formula is C16H18N2O5. The van der Waals surface area contributed by atoms with Crippen molar-refractivity contribution in [1.29, 1.82) is 0 Å². The van der Waals surface area contributed by atoms with Gasteiger partial charge in [-0.1, -0.05) is 30.3 Å². The van der Waals surface area contributed by atoms with E-state index in [0.717, 1.165) is 5.56 Å². The lowest BCUT2D eigenvalue weighted by atomic mass is 10.2. The van der Waals surface area contributed by atoms with Crippen molar-refractivity contribution in [2.24, 2.45) is 0 Å². The van der Waals surface area contributed by atoms with Crippen LogP contribution in [0.25, 0.3) is 0 Å². The van der Waals surface area contributed by atoms with Gasteiger partial charge in [0, 0.05) is 12.4 Å². The van der Waals surface area contributed by atoms with Crippen molar-refractivity contribution >= 4 is 18.0 Å². The van der Waals surface area contributed by atoms with Crippen LogP contribution in [0.1, 0.15) is 12.5 Å². The Kier molecular flexibility index (Phi) is 5.35. The van der Waals surface area contributed by atoms with Crippen LogP contribution in [0, 0.1) is 0 Å². The lowest BCUT2D eigenvalue weighted by Crippen LogP contribution is -2.50. The van der Waals surface area contributed by atoms with Gasteiger partial charge < -0.3 is 14.4 Å². The Morgan fingerprint density at radius 3 is 2.52 bits per heavy atom. The zero-order chi connectivity index (χ0) is 16.8. The average molecular weight is 318 g/mol. The van der Waals surface area contributed by atoms with E-state index in [1.165, 1.54) is 29.3 Å². The molecule has 0 fully saturated rings. The molecule has 2 amide bonds. The van der Waals surface area contributed by atoms with Crippen molar-refractivity contribution in [3.8, 4) is 0 Å². The summed E-state index contributed by atoms with van der Waals surface area (Å²) >= 11 is 0. The van der Waals surface area contributed by atoms with Crippen molar-refractivity contribution in [2.45, 2.75) is 19.6 Å². The Balaban J connectivity index is 1.97. The van der Waals surface area contributed by atoms with Crippen LogP contribution in [0.2, 0.25) is 0 Å². The minimum absolute atomic E-state index is 0.122. The van der Waals surface area contributed by atoms with Crippen molar-refractivity contribution < 1.29 is 23.9 Å². The van der Waals surface area contributed by atoms with Crippen LogP contribution in [0.15, 0.2) is 42.7 Å². The summed E-state index contributed by atoms with van der Waals surface area (Å²) in [5.74, 6) is -0.912. The second-order valence-electron chi connectivity index (χ2n) is 4.96. The van der Waals surface area contributed by atoms with Crippen LogP contribution in [0.5, 0.6) is 0 Å². The molecular weight excluding hydrogens is 300 g/mol. The summed E-state index contributed by atoms with van der Waals surface area (Å²) in [5.41, 5.74) is 0.855. The number of nitrogens with zero attached hydrogens (tertiary/aromatic N) is 2. The molecule has 1 aliphatic rings. The molecule has 1 aromatic rings. The van der Waals surface area contributed by atoms with Crippen molar-refractivity contribution in [3.05, 3.63) is 48.3 Å². The number of methoxy groups -OCH3 is 1. The van der Waals surface area contributed by atoms with E-state index in [1.54, 1.807) is 6.92 Å². The van der Waals surface area contributed by atoms with Gasteiger partial charge in [0.1, 0.15) is 19.2 Å². The Morgan fingerprint density at radius 2 is 1.87 bits per heavy atom. The highest BCUT2D eigenvalue weighted by Gasteiger charge is 2.33. The number of hydrogen-bond donors (Lipinski definition) is 0. The van der Waals surface area contributed by atoms with E-state index in [-0.39, 0.29) is 19.1 Å². The first-order valence-corrected chi connectivity index (χ1v) is 7.07. The van der Waals surface area contributed by atoms with E-state index < -0.39 is 18.1 Å². The molecule has 7 nitrogen and oxygen atoms in total. The van der Waals surface area contributed by atoms with Crippen LogP contribution in [-0.4, -0.2) is 47.5 Å². The van der Waals surface area contributed by atoms with Gasteiger partial charge in [-0.15, -0.1) is 0 Å². The zero-order valence-corrected chi connectivity index (χ0v) is 13.0. The summed E-state index contributed by atoms with van der Waals surface area (Å²) in [6.45, 7) is 1.50. The molecule has 1 atom stereocenters. The number of esters is 1. The Morgan fingerprint density at radius 1 is 1.17 bits per heavy atom. The molecule has 0 saturated heterocycles. The van der Waals surface area contributed by atoms with Crippen molar-refractivity contribution in [1.82, 2.24) is 9.80 Å². The van der Waals surface area contributed by atoms with E-state index in [2.05, 4.69) is 4.74 Å². The number of benzene rings is 1. The van der Waals surface area contributed by atoms with Crippen molar-refractivity contribution in [2.75, 3.05) is 13.7 Å². The second kappa shape index (κ2) is 7.44. The average Bonchev–Trinajstić information content (AvgIpc) is 2.57. The molecule has 23 heavy (non-hydrogen) atoms. The van der Waals surface area contributed by atoms with Gasteiger partial charge in [-0.3, -0.25) is 14.5 Å². The van der Waals surface area contributed by atoms with E-state index in [0.29, 0.717) is 0 Å². The number of carbonyl (C=O) groups excluding carboxylic acids is 3. The fourth-order valence-corrected chi connectivity index (χ4v) is 2.06. The van der Waals surface area contributed by atoms with Gasteiger partial charge in [-0.25, -0.2) is 4.79 Å². The molecule has 0 saturated carbocycles. The standard InChI is InChI=1S/C16H18N2O5/c1-12-15(20)17(10-14(19)22-2)8-9-18(12)16(21)23-11-13-6-4-3-5-7-13/h3-9,12H,10-11H2,1-2H3/t12-/m0/s1. The summed E-state index contributed by atoms with van der Waals surface area (Å²) in [5, 5.41) is 0. The molecule has 1 aromatic carbocycles. The normalized spacial score (nSPS) is 17.1. The smallest absolute Gasteiger partial charge is 0.414 e. The number of hydrogen-bond acceptors (Lipinski definition) is 5. The van der Waals surface area contributed by atoms with Gasteiger partial charge in [-0.05, 0) is 12.5 Å². The predicted molar refractivity (Wildman–Crippen MR) is 80.8 cm³/mol. The lowest BCUT2D eigenvalue weighted by Gasteiger charge is -2.32. The first-order chi connectivity index (χ1) is 11.0. The molecule has 0 radical (unpaired) electrons. The SMILES string of the molecule is COC(=O)CN1C=CN(C(=O)OCc2ccccc2)[C@@H](C)C1=O. The summed E-state index contributed by atoms with van der Waals surface area (Å²) in [6, 6.07) is 8.49. The van der Waals surface area contributed by atoms with Crippen LogP contribution in [-0.2, 0) is 25.7 Å². The molecule has 2 rings (SSSR count). The van der Waals surface area contributed by atoms with Gasteiger partial charge in [0.05, 0.1) is 7.11 Å². The van der Waals surface area contributed by atoms with Crippen LogP contribution in [0.3, 0.4) is 0 Å². The molecule has 122 valence electrons. The molecule has 0 aliphatic carbocycles. The summed E-state index contributed by atoms with van der Waals surface area (Å²) in [6.07, 6.45) is 2.16. The van der Waals surface area contributed by atoms with Crippen LogP contribution in [0.4, 0.5) is 4.79 Å². The van der Waals surface area contributed by atoms with E-state index >= 15 is 0 Å². The van der Waals surface area contributed by atoms with Gasteiger partial charge in [0.15, 0.2) is 0 Å². The fraction of sp³-hybridized carbons (Fsp3) is 0.312. The van der Waals surface area contributed by atoms with E-state index in [1.807, 2.05) is 30.3 Å². The highest BCUT2D eigenvalue weighted by molar-refractivity contribution is 5.90. The minimum atomic E-state index is -0.757. The third-order valence-corrected chi connectivity index (χ3v) is 3.41. The Hall–Kier alpha value is -2.83. The van der Waals surface area contributed by atoms with Gasteiger partial charge in [0.2, 0.25) is 5.91 Å². The van der Waals surface area contributed by atoms with E-state index in [4.69, 9.17) is 4.74 Å². The summed E-state index contributed by atoms with van der Waals surface area (Å²) in [7, 11) is 1.25. The first-order valence-electron chi connectivity index (χ1n) is 7.07. The van der Waals surface area contributed by atoms with Crippen LogP contribution < -0.4 is 0 Å². The second-order valence-corrected chi connectivity index (χ2v) is 4.96. The number of rotatable bonds is 4. The molecule has 0 aromatic heterocycles. The third kappa shape index (κ3) is 4.09. The molecule has 0 bridgehead atoms. The molecule has 1 aliphatic heterocycles. The summed E-state index contributed by atoms with van der Waals surface area (Å²) in [4.78, 5) is 37.9. The maximum Gasteiger partial charge on any atom is 0.414 e. The molecule has 0 unspecified atom stereocenters. The first kappa shape index (κ1) is 16.5. The lowest BCUT2D eigenvalue weighted by molar-refractivity contribution is -0.147. The highest BCUT2D eigenvalue weighted by Crippen LogP contribution is 2.14. The molecule has 1 heterocycles. The summed E-state index contributed by atoms with van der Waals surface area (Å²) < 4.78 is 9.72. The molecule has 0 N–H and O–H groups in total. The zero-order valence-electron chi connectivity index (χ0n) is 13.0. The number of amides is 2. The maximum atomic E-state index is 12.2. The monoisotopic (exact) mass is 318 g/mol. The highest BCUT2D eigenvalue weighted by atomic mass is 16.6. The Bertz CT molecular complexity index is 614. The van der Waals surface area contributed by atoms with Gasteiger partial charge >= 0.3 is 12.1 Å². The Labute approximate surface area is 134 Å². The topological polar surface area (TPSA) is 76.2 Å². The molecule has 0 spiro atoms. The fourth-order valence-electron chi connectivity index (χ4n) is 2.06. The maximum absolute atomic E-state index is 12.2.